The third-order valence-corrected chi connectivity index (χ3v) is 3.52. The van der Waals surface area contributed by atoms with Crippen LogP contribution in [0.2, 0.25) is 0 Å². The lowest BCUT2D eigenvalue weighted by Gasteiger charge is -2.24. The molecule has 0 radical (unpaired) electrons. The number of H-pyrrole nitrogens is 1. The molecule has 2 aromatic rings. The van der Waals surface area contributed by atoms with E-state index in [1.807, 2.05) is 45.0 Å². The Morgan fingerprint density at radius 2 is 2.05 bits per heavy atom. The maximum atomic E-state index is 12.3. The minimum atomic E-state index is -0.584. The fraction of sp³-hybridized carbons (Fsp3) is 0.400. The van der Waals surface area contributed by atoms with Crippen molar-refractivity contribution < 1.29 is 4.79 Å². The van der Waals surface area contributed by atoms with E-state index >= 15 is 0 Å². The van der Waals surface area contributed by atoms with E-state index in [-0.39, 0.29) is 5.91 Å². The van der Waals surface area contributed by atoms with Crippen molar-refractivity contribution in [2.45, 2.75) is 26.2 Å². The number of fused-ring (bicyclic) bond motifs is 1. The van der Waals surface area contributed by atoms with Crippen LogP contribution in [0.3, 0.4) is 0 Å². The molecule has 19 heavy (non-hydrogen) atoms. The monoisotopic (exact) mass is 259 g/mol. The van der Waals surface area contributed by atoms with Crippen molar-refractivity contribution in [3.63, 3.8) is 0 Å². The van der Waals surface area contributed by atoms with E-state index in [4.69, 9.17) is 5.73 Å². The van der Waals surface area contributed by atoms with Crippen LogP contribution < -0.4 is 11.1 Å². The second kappa shape index (κ2) is 5.05. The summed E-state index contributed by atoms with van der Waals surface area (Å²) < 4.78 is 0. The van der Waals surface area contributed by atoms with Crippen LogP contribution in [0.15, 0.2) is 24.3 Å². The van der Waals surface area contributed by atoms with Gasteiger partial charge < -0.3 is 16.0 Å². The van der Waals surface area contributed by atoms with E-state index < -0.39 is 5.41 Å². The number of rotatable bonds is 4. The average Bonchev–Trinajstić information content (AvgIpc) is 2.72. The number of aryl methyl sites for hydroxylation is 1. The molecule has 4 N–H and O–H groups in total. The summed E-state index contributed by atoms with van der Waals surface area (Å²) in [6.07, 6.45) is 0. The van der Waals surface area contributed by atoms with Crippen LogP contribution in [0.5, 0.6) is 0 Å². The molecule has 0 aliphatic carbocycles. The predicted octanol–water partition coefficient (Wildman–Crippen LogP) is 1.83. The summed E-state index contributed by atoms with van der Waals surface area (Å²) in [7, 11) is 0. The fourth-order valence-electron chi connectivity index (χ4n) is 2.60. The zero-order valence-electron chi connectivity index (χ0n) is 11.7. The second-order valence-corrected chi connectivity index (χ2v) is 5.34. The number of amides is 1. The molecule has 0 saturated carbocycles. The van der Waals surface area contributed by atoms with Crippen molar-refractivity contribution >= 4 is 16.8 Å². The van der Waals surface area contributed by atoms with Crippen LogP contribution >= 0.6 is 0 Å². The summed E-state index contributed by atoms with van der Waals surface area (Å²) in [5, 5.41) is 3.98. The Hall–Kier alpha value is -1.81. The van der Waals surface area contributed by atoms with Crippen molar-refractivity contribution in [2.24, 2.45) is 5.73 Å². The SMILES string of the molecule is Cc1[nH]c2ccccc2c1C(C)(C)C(=O)NCCN. The van der Waals surface area contributed by atoms with Gasteiger partial charge >= 0.3 is 0 Å². The molecule has 0 unspecified atom stereocenters. The van der Waals surface area contributed by atoms with Crippen LogP contribution in [0.1, 0.15) is 25.1 Å². The van der Waals surface area contributed by atoms with Crippen molar-refractivity contribution in [1.82, 2.24) is 10.3 Å². The summed E-state index contributed by atoms with van der Waals surface area (Å²) in [5.74, 6) is 0.00537. The van der Waals surface area contributed by atoms with Gasteiger partial charge in [-0.3, -0.25) is 4.79 Å². The molecule has 2 rings (SSSR count). The number of carbonyl (C=O) groups is 1. The first-order valence-electron chi connectivity index (χ1n) is 6.54. The molecular formula is C15H21N3O. The molecule has 0 aliphatic rings. The van der Waals surface area contributed by atoms with Gasteiger partial charge in [-0.1, -0.05) is 18.2 Å². The van der Waals surface area contributed by atoms with E-state index in [1.54, 1.807) is 0 Å². The van der Waals surface area contributed by atoms with Gasteiger partial charge in [-0.05, 0) is 32.4 Å². The van der Waals surface area contributed by atoms with Crippen LogP contribution in [-0.4, -0.2) is 24.0 Å². The maximum Gasteiger partial charge on any atom is 0.230 e. The molecule has 102 valence electrons. The molecule has 4 nitrogen and oxygen atoms in total. The van der Waals surface area contributed by atoms with Gasteiger partial charge in [0.05, 0.1) is 5.41 Å². The summed E-state index contributed by atoms with van der Waals surface area (Å²) in [6, 6.07) is 8.06. The van der Waals surface area contributed by atoms with Gasteiger partial charge in [0.1, 0.15) is 0 Å². The first kappa shape index (κ1) is 13.6. The number of hydrogen-bond donors (Lipinski definition) is 3. The van der Waals surface area contributed by atoms with Crippen molar-refractivity contribution in [3.8, 4) is 0 Å². The number of nitrogens with one attached hydrogen (secondary N) is 2. The third-order valence-electron chi connectivity index (χ3n) is 3.52. The Bertz CT molecular complexity index is 598. The van der Waals surface area contributed by atoms with Gasteiger partial charge in [0.2, 0.25) is 5.91 Å². The lowest BCUT2D eigenvalue weighted by molar-refractivity contribution is -0.125. The molecule has 0 atom stereocenters. The standard InChI is InChI=1S/C15H21N3O/c1-10-13(11-6-4-5-7-12(11)18-10)15(2,3)14(19)17-9-8-16/h4-7,18H,8-9,16H2,1-3H3,(H,17,19). The van der Waals surface area contributed by atoms with Crippen molar-refractivity contribution in [2.75, 3.05) is 13.1 Å². The van der Waals surface area contributed by atoms with E-state index in [0.717, 1.165) is 22.2 Å². The van der Waals surface area contributed by atoms with E-state index in [0.29, 0.717) is 13.1 Å². The highest BCUT2D eigenvalue weighted by atomic mass is 16.2. The number of benzene rings is 1. The number of para-hydroxylation sites is 1. The Morgan fingerprint density at radius 1 is 1.37 bits per heavy atom. The van der Waals surface area contributed by atoms with E-state index in [9.17, 15) is 4.79 Å². The molecule has 1 aromatic carbocycles. The fourth-order valence-corrected chi connectivity index (χ4v) is 2.60. The first-order valence-corrected chi connectivity index (χ1v) is 6.54. The molecule has 0 bridgehead atoms. The van der Waals surface area contributed by atoms with Crippen LogP contribution in [-0.2, 0) is 10.2 Å². The van der Waals surface area contributed by atoms with Crippen molar-refractivity contribution in [1.29, 1.82) is 0 Å². The topological polar surface area (TPSA) is 70.9 Å². The predicted molar refractivity (Wildman–Crippen MR) is 78.1 cm³/mol. The second-order valence-electron chi connectivity index (χ2n) is 5.34. The zero-order chi connectivity index (χ0) is 14.0. The van der Waals surface area contributed by atoms with E-state index in [1.165, 1.54) is 0 Å². The highest BCUT2D eigenvalue weighted by Crippen LogP contribution is 2.33. The highest BCUT2D eigenvalue weighted by molar-refractivity contribution is 5.95. The maximum absolute atomic E-state index is 12.3. The van der Waals surface area contributed by atoms with Gasteiger partial charge in [0.15, 0.2) is 0 Å². The molecule has 1 amide bonds. The Morgan fingerprint density at radius 3 is 2.74 bits per heavy atom. The van der Waals surface area contributed by atoms with Gasteiger partial charge in [-0.2, -0.15) is 0 Å². The molecular weight excluding hydrogens is 238 g/mol. The summed E-state index contributed by atoms with van der Waals surface area (Å²) >= 11 is 0. The number of hydrogen-bond acceptors (Lipinski definition) is 2. The minimum Gasteiger partial charge on any atom is -0.358 e. The van der Waals surface area contributed by atoms with Gasteiger partial charge in [-0.15, -0.1) is 0 Å². The highest BCUT2D eigenvalue weighted by Gasteiger charge is 2.33. The lowest BCUT2D eigenvalue weighted by Crippen LogP contribution is -2.42. The van der Waals surface area contributed by atoms with Crippen LogP contribution in [0, 0.1) is 6.92 Å². The summed E-state index contributed by atoms with van der Waals surface area (Å²) in [5.41, 5.74) is 8.01. The number of nitrogens with two attached hydrogens (primary N) is 1. The Balaban J connectivity index is 2.47. The minimum absolute atomic E-state index is 0.00537. The smallest absolute Gasteiger partial charge is 0.230 e. The Kier molecular flexibility index (Phi) is 3.62. The molecule has 0 spiro atoms. The van der Waals surface area contributed by atoms with Crippen LogP contribution in [0.25, 0.3) is 10.9 Å². The molecule has 0 saturated heterocycles. The summed E-state index contributed by atoms with van der Waals surface area (Å²) in [4.78, 5) is 15.7. The van der Waals surface area contributed by atoms with E-state index in [2.05, 4.69) is 10.3 Å². The first-order chi connectivity index (χ1) is 8.98. The van der Waals surface area contributed by atoms with Gasteiger partial charge in [0, 0.05) is 29.7 Å². The molecule has 4 heteroatoms. The molecule has 0 aliphatic heterocycles. The number of carbonyl (C=O) groups excluding carboxylic acids is 1. The van der Waals surface area contributed by atoms with Gasteiger partial charge in [-0.25, -0.2) is 0 Å². The van der Waals surface area contributed by atoms with Crippen molar-refractivity contribution in [3.05, 3.63) is 35.5 Å². The lowest BCUT2D eigenvalue weighted by atomic mass is 9.82. The van der Waals surface area contributed by atoms with Crippen LogP contribution in [0.4, 0.5) is 0 Å². The molecule has 1 aromatic heterocycles. The number of aromatic nitrogens is 1. The molecule has 0 fully saturated rings. The zero-order valence-corrected chi connectivity index (χ0v) is 11.7. The third kappa shape index (κ3) is 2.36. The average molecular weight is 259 g/mol. The quantitative estimate of drug-likeness (QED) is 0.784. The largest absolute Gasteiger partial charge is 0.358 e. The summed E-state index contributed by atoms with van der Waals surface area (Å²) in [6.45, 7) is 6.86. The number of aromatic amines is 1. The normalized spacial score (nSPS) is 11.8. The van der Waals surface area contributed by atoms with Gasteiger partial charge in [0.25, 0.3) is 0 Å². The molecule has 1 heterocycles. The Labute approximate surface area is 113 Å².